The van der Waals surface area contributed by atoms with Gasteiger partial charge in [-0.15, -0.1) is 0 Å². The molecule has 0 bridgehead atoms. The molecule has 1 aliphatic rings. The molecule has 1 heterocycles. The van der Waals surface area contributed by atoms with Crippen LogP contribution in [0.5, 0.6) is 0 Å². The second kappa shape index (κ2) is 3.66. The minimum atomic E-state index is -1.59. The first kappa shape index (κ1) is 9.85. The third-order valence-electron chi connectivity index (χ3n) is 2.07. The van der Waals surface area contributed by atoms with Crippen LogP contribution in [0.2, 0.25) is 0 Å². The number of aliphatic hydroxyl groups excluding tert-OH is 3. The highest BCUT2D eigenvalue weighted by molar-refractivity contribution is 4.90. The van der Waals surface area contributed by atoms with Gasteiger partial charge < -0.3 is 20.1 Å². The van der Waals surface area contributed by atoms with Crippen molar-refractivity contribution in [3.8, 4) is 0 Å². The van der Waals surface area contributed by atoms with Gasteiger partial charge in [0.2, 0.25) is 0 Å². The van der Waals surface area contributed by atoms with E-state index in [1.165, 1.54) is 6.92 Å². The molecule has 12 heavy (non-hydrogen) atoms. The van der Waals surface area contributed by atoms with Crippen molar-refractivity contribution >= 4 is 0 Å². The molecule has 0 amide bonds. The van der Waals surface area contributed by atoms with Crippen molar-refractivity contribution in [3.05, 3.63) is 0 Å². The molecule has 5 unspecified atom stereocenters. The van der Waals surface area contributed by atoms with Gasteiger partial charge in [0.25, 0.3) is 0 Å². The summed E-state index contributed by atoms with van der Waals surface area (Å²) >= 11 is 0. The summed E-state index contributed by atoms with van der Waals surface area (Å²) in [5.74, 6) is 0. The van der Waals surface area contributed by atoms with Crippen molar-refractivity contribution in [2.45, 2.75) is 37.5 Å². The predicted molar refractivity (Wildman–Crippen MR) is 38.3 cm³/mol. The molecule has 0 saturated carbocycles. The predicted octanol–water partition coefficient (Wildman–Crippen LogP) is -1.17. The van der Waals surface area contributed by atoms with Crippen LogP contribution in [-0.4, -0.2) is 52.5 Å². The molecule has 0 aromatic heterocycles. The van der Waals surface area contributed by atoms with Crippen LogP contribution in [0.15, 0.2) is 0 Å². The maximum Gasteiger partial charge on any atom is 0.154 e. The van der Waals surface area contributed by atoms with Gasteiger partial charge in [0, 0.05) is 0 Å². The highest BCUT2D eigenvalue weighted by atomic mass is 18.2. The van der Waals surface area contributed by atoms with Crippen molar-refractivity contribution < 1.29 is 24.4 Å². The van der Waals surface area contributed by atoms with Crippen LogP contribution < -0.4 is 0 Å². The summed E-state index contributed by atoms with van der Waals surface area (Å²) in [6.45, 7) is 1.03. The van der Waals surface area contributed by atoms with E-state index in [2.05, 4.69) is 0 Å². The van der Waals surface area contributed by atoms with Crippen molar-refractivity contribution in [1.29, 1.82) is 0 Å². The number of halogens is 1. The second-order valence-corrected chi connectivity index (χ2v) is 2.99. The first-order valence-corrected chi connectivity index (χ1v) is 3.84. The highest BCUT2D eigenvalue weighted by Gasteiger charge is 2.42. The maximum atomic E-state index is 12.9. The van der Waals surface area contributed by atoms with Crippen LogP contribution in [0.1, 0.15) is 6.92 Å². The van der Waals surface area contributed by atoms with Crippen LogP contribution in [0.4, 0.5) is 4.39 Å². The average Bonchev–Trinajstić information content (AvgIpc) is 2.08. The summed E-state index contributed by atoms with van der Waals surface area (Å²) < 4.78 is 17.8. The van der Waals surface area contributed by atoms with Gasteiger partial charge in [0.05, 0.1) is 12.7 Å². The van der Waals surface area contributed by atoms with Gasteiger partial charge in [-0.05, 0) is 6.92 Å². The van der Waals surface area contributed by atoms with Crippen LogP contribution in [-0.2, 0) is 4.74 Å². The van der Waals surface area contributed by atoms with E-state index in [9.17, 15) is 4.39 Å². The van der Waals surface area contributed by atoms with Gasteiger partial charge >= 0.3 is 0 Å². The van der Waals surface area contributed by atoms with E-state index >= 15 is 0 Å². The Labute approximate surface area is 69.6 Å². The Morgan fingerprint density at radius 2 is 1.92 bits per heavy atom. The van der Waals surface area contributed by atoms with Gasteiger partial charge in [-0.1, -0.05) is 0 Å². The molecule has 1 aliphatic heterocycles. The SMILES string of the molecule is CC1OC(CO)C(O)C(O)C1[18F]. The van der Waals surface area contributed by atoms with E-state index in [1.54, 1.807) is 0 Å². The summed E-state index contributed by atoms with van der Waals surface area (Å²) in [4.78, 5) is 0. The molecule has 1 rings (SSSR count). The number of hydrogen-bond acceptors (Lipinski definition) is 4. The Balaban J connectivity index is 2.63. The van der Waals surface area contributed by atoms with Gasteiger partial charge in [-0.3, -0.25) is 0 Å². The molecule has 0 aliphatic carbocycles. The van der Waals surface area contributed by atoms with Crippen molar-refractivity contribution in [2.24, 2.45) is 0 Å². The van der Waals surface area contributed by atoms with E-state index in [-0.39, 0.29) is 0 Å². The lowest BCUT2D eigenvalue weighted by molar-refractivity contribution is -0.207. The Kier molecular flexibility index (Phi) is 3.00. The summed E-state index contributed by atoms with van der Waals surface area (Å²) in [6.07, 6.45) is -6.09. The van der Waals surface area contributed by atoms with E-state index in [0.29, 0.717) is 0 Å². The summed E-state index contributed by atoms with van der Waals surface area (Å²) in [7, 11) is 0. The Bertz CT molecular complexity index is 150. The lowest BCUT2D eigenvalue weighted by Gasteiger charge is -2.37. The molecule has 4 nitrogen and oxygen atoms in total. The fourth-order valence-corrected chi connectivity index (χ4v) is 1.27. The van der Waals surface area contributed by atoms with E-state index in [4.69, 9.17) is 20.1 Å². The van der Waals surface area contributed by atoms with Crippen molar-refractivity contribution in [1.82, 2.24) is 0 Å². The lowest BCUT2D eigenvalue weighted by atomic mass is 9.97. The zero-order valence-corrected chi connectivity index (χ0v) is 6.72. The highest BCUT2D eigenvalue weighted by Crippen LogP contribution is 2.22. The number of alkyl halides is 1. The molecule has 72 valence electrons. The van der Waals surface area contributed by atoms with Crippen LogP contribution in [0, 0.1) is 0 Å². The van der Waals surface area contributed by atoms with Crippen molar-refractivity contribution in [2.75, 3.05) is 6.61 Å². The fraction of sp³-hybridized carbons (Fsp3) is 1.00. The van der Waals surface area contributed by atoms with Crippen LogP contribution in [0.25, 0.3) is 0 Å². The smallest absolute Gasteiger partial charge is 0.154 e. The summed E-state index contributed by atoms with van der Waals surface area (Å²) in [6, 6.07) is 0. The largest absolute Gasteiger partial charge is 0.394 e. The zero-order valence-electron chi connectivity index (χ0n) is 6.72. The first-order chi connectivity index (χ1) is 5.57. The number of aliphatic hydroxyl groups is 3. The van der Waals surface area contributed by atoms with E-state index in [0.717, 1.165) is 0 Å². The molecule has 0 radical (unpaired) electrons. The molecule has 1 fully saturated rings. The molecule has 5 atom stereocenters. The molecular weight excluding hydrogens is 166 g/mol. The van der Waals surface area contributed by atoms with Crippen molar-refractivity contribution in [3.63, 3.8) is 0 Å². The third-order valence-corrected chi connectivity index (χ3v) is 2.07. The quantitative estimate of drug-likeness (QED) is 0.474. The Morgan fingerprint density at radius 1 is 1.33 bits per heavy atom. The number of hydrogen-bond donors (Lipinski definition) is 3. The molecule has 3 N–H and O–H groups in total. The molecule has 1 saturated heterocycles. The lowest BCUT2D eigenvalue weighted by Crippen LogP contribution is -2.56. The van der Waals surface area contributed by atoms with Gasteiger partial charge in [-0.25, -0.2) is 4.39 Å². The zero-order chi connectivity index (χ0) is 9.30. The first-order valence-electron chi connectivity index (χ1n) is 3.84. The summed E-state index contributed by atoms with van der Waals surface area (Å²) in [5, 5.41) is 26.9. The molecule has 0 spiro atoms. The number of ether oxygens (including phenoxy) is 1. The minimum Gasteiger partial charge on any atom is -0.394 e. The fourth-order valence-electron chi connectivity index (χ4n) is 1.27. The van der Waals surface area contributed by atoms with Gasteiger partial charge in [0.1, 0.15) is 18.3 Å². The monoisotopic (exact) mass is 179 g/mol. The Hall–Kier alpha value is -0.230. The molecular formula is C7H13FO4. The topological polar surface area (TPSA) is 69.9 Å². The molecule has 5 heteroatoms. The molecule has 0 aromatic rings. The average molecular weight is 179 g/mol. The van der Waals surface area contributed by atoms with Crippen LogP contribution >= 0.6 is 0 Å². The van der Waals surface area contributed by atoms with Gasteiger partial charge in [-0.2, -0.15) is 0 Å². The minimum absolute atomic E-state index is 0.421. The normalized spacial score (nSPS) is 49.2. The van der Waals surface area contributed by atoms with E-state index < -0.39 is 37.2 Å². The van der Waals surface area contributed by atoms with Gasteiger partial charge in [0.15, 0.2) is 6.17 Å². The summed E-state index contributed by atoms with van der Waals surface area (Å²) in [5.41, 5.74) is 0. The van der Waals surface area contributed by atoms with E-state index in [1.807, 2.05) is 0 Å². The number of rotatable bonds is 1. The molecule has 0 aromatic carbocycles. The Morgan fingerprint density at radius 3 is 2.42 bits per heavy atom. The van der Waals surface area contributed by atoms with Crippen LogP contribution in [0.3, 0.4) is 0 Å². The standard InChI is InChI=1S/C7H13FO4/c1-3-5(8)7(11)6(10)4(2-9)12-3/h3-7,9-11H,2H2,1H3/i8-1. The second-order valence-electron chi connectivity index (χ2n) is 2.99. The third kappa shape index (κ3) is 1.59. The maximum absolute atomic E-state index is 12.9.